The Bertz CT molecular complexity index is 780. The lowest BCUT2D eigenvalue weighted by Gasteiger charge is -2.30. The number of carbonyl (C=O) groups excluding carboxylic acids is 1. The van der Waals surface area contributed by atoms with E-state index in [0.717, 1.165) is 0 Å². The molecule has 3 atom stereocenters. The summed E-state index contributed by atoms with van der Waals surface area (Å²) in [5.74, 6) is -0.504. The number of hydrogen-bond acceptors (Lipinski definition) is 5. The molecule has 0 amide bonds. The number of benzene rings is 1. The van der Waals surface area contributed by atoms with Gasteiger partial charge in [-0.1, -0.05) is 36.4 Å². The van der Waals surface area contributed by atoms with Crippen molar-refractivity contribution in [3.63, 3.8) is 0 Å². The van der Waals surface area contributed by atoms with Gasteiger partial charge in [0.2, 0.25) is 0 Å². The molecule has 1 N–H and O–H groups in total. The lowest BCUT2D eigenvalue weighted by Crippen LogP contribution is -2.45. The molecule has 1 aromatic carbocycles. The van der Waals surface area contributed by atoms with Gasteiger partial charge in [0, 0.05) is 22.6 Å². The monoisotopic (exact) mass is 406 g/mol. The molecule has 144 valence electrons. The van der Waals surface area contributed by atoms with Crippen LogP contribution in [-0.4, -0.2) is 26.4 Å². The zero-order chi connectivity index (χ0) is 20.0. The van der Waals surface area contributed by atoms with Crippen LogP contribution in [0.15, 0.2) is 61.3 Å². The van der Waals surface area contributed by atoms with E-state index >= 15 is 0 Å². The van der Waals surface area contributed by atoms with Gasteiger partial charge in [-0.3, -0.25) is 4.98 Å². The van der Waals surface area contributed by atoms with Crippen molar-refractivity contribution in [3.05, 3.63) is 77.6 Å². The molecule has 1 heterocycles. The van der Waals surface area contributed by atoms with E-state index in [-0.39, 0.29) is 0 Å². The fourth-order valence-electron chi connectivity index (χ4n) is 2.20. The number of halogens is 1. The molecular weight excluding hydrogens is 384 g/mol. The van der Waals surface area contributed by atoms with Crippen molar-refractivity contribution in [1.82, 2.24) is 9.71 Å². The number of esters is 1. The molecule has 27 heavy (non-hydrogen) atoms. The number of aromatic nitrogens is 1. The fourth-order valence-corrected chi connectivity index (χ4v) is 3.20. The Balaban J connectivity index is 2.31. The number of rotatable bonds is 7. The van der Waals surface area contributed by atoms with Crippen LogP contribution in [0.25, 0.3) is 0 Å². The number of hydrogen-bond donors (Lipinski definition) is 1. The molecule has 0 radical (unpaired) electrons. The van der Waals surface area contributed by atoms with Gasteiger partial charge in [0.05, 0.1) is 11.3 Å². The minimum atomic E-state index is -1.43. The molecule has 2 aromatic rings. The topological polar surface area (TPSA) is 74.3 Å². The van der Waals surface area contributed by atoms with Crippen molar-refractivity contribution in [1.29, 1.82) is 0 Å². The quantitative estimate of drug-likeness (QED) is 0.423. The Kier molecular flexibility index (Phi) is 7.44. The maximum atomic E-state index is 12.7. The van der Waals surface area contributed by atoms with Crippen molar-refractivity contribution in [2.45, 2.75) is 37.7 Å². The molecule has 0 bridgehead atoms. The third kappa shape index (κ3) is 6.07. The summed E-state index contributed by atoms with van der Waals surface area (Å²) >= 11 is 4.66. The first-order chi connectivity index (χ1) is 12.7. The second kappa shape index (κ2) is 9.37. The molecule has 0 aliphatic rings. The highest BCUT2D eigenvalue weighted by Crippen LogP contribution is 2.26. The van der Waals surface area contributed by atoms with E-state index in [2.05, 4.69) is 16.3 Å². The lowest BCUT2D eigenvalue weighted by molar-refractivity contribution is 0.0333. The van der Waals surface area contributed by atoms with Crippen molar-refractivity contribution in [2.24, 2.45) is 0 Å². The van der Waals surface area contributed by atoms with Gasteiger partial charge in [0.1, 0.15) is 16.9 Å². The number of carbonyl (C=O) groups is 1. The van der Waals surface area contributed by atoms with Gasteiger partial charge in [-0.25, -0.2) is 4.79 Å². The Morgan fingerprint density at radius 1 is 1.33 bits per heavy atom. The van der Waals surface area contributed by atoms with E-state index in [1.807, 2.05) is 26.8 Å². The van der Waals surface area contributed by atoms with Crippen molar-refractivity contribution in [3.8, 4) is 0 Å². The Morgan fingerprint density at radius 3 is 2.56 bits per heavy atom. The third-order valence-corrected chi connectivity index (χ3v) is 5.48. The highest BCUT2D eigenvalue weighted by Gasteiger charge is 2.35. The average Bonchev–Trinajstić information content (AvgIpc) is 2.64. The number of pyridine rings is 1. The van der Waals surface area contributed by atoms with Gasteiger partial charge in [0.25, 0.3) is 0 Å². The summed E-state index contributed by atoms with van der Waals surface area (Å²) in [5.41, 5.74) is 0.921. The van der Waals surface area contributed by atoms with Crippen LogP contribution in [0.4, 0.5) is 0 Å². The highest BCUT2D eigenvalue weighted by molar-refractivity contribution is 7.90. The van der Waals surface area contributed by atoms with Gasteiger partial charge >= 0.3 is 5.97 Å². The molecule has 7 heteroatoms. The predicted molar refractivity (Wildman–Crippen MR) is 109 cm³/mol. The zero-order valence-corrected chi connectivity index (χ0v) is 17.1. The number of nitrogens with one attached hydrogen (secondary N) is 1. The minimum Gasteiger partial charge on any atom is -0.598 e. The first-order valence-electron chi connectivity index (χ1n) is 8.40. The molecule has 0 spiro atoms. The second-order valence-electron chi connectivity index (χ2n) is 6.85. The normalized spacial score (nSPS) is 14.9. The molecule has 0 fully saturated rings. The summed E-state index contributed by atoms with van der Waals surface area (Å²) in [6, 6.07) is 11.3. The van der Waals surface area contributed by atoms with Crippen LogP contribution in [0.3, 0.4) is 0 Å². The van der Waals surface area contributed by atoms with E-state index in [1.54, 1.807) is 42.6 Å². The summed E-state index contributed by atoms with van der Waals surface area (Å²) in [7, 11) is 0. The largest absolute Gasteiger partial charge is 0.598 e. The van der Waals surface area contributed by atoms with Crippen LogP contribution in [0.1, 0.15) is 42.9 Å². The van der Waals surface area contributed by atoms with E-state index in [9.17, 15) is 9.35 Å². The van der Waals surface area contributed by atoms with Gasteiger partial charge in [-0.2, -0.15) is 0 Å². The van der Waals surface area contributed by atoms with Crippen LogP contribution in [0.2, 0.25) is 5.02 Å². The third-order valence-electron chi connectivity index (χ3n) is 3.67. The molecule has 1 aromatic heterocycles. The van der Waals surface area contributed by atoms with Gasteiger partial charge < -0.3 is 9.29 Å². The highest BCUT2D eigenvalue weighted by atomic mass is 35.5. The van der Waals surface area contributed by atoms with E-state index in [0.29, 0.717) is 16.3 Å². The SMILES string of the molecule is C=C[C@H](OC(=O)c1ccccc1)[C@H](N[S@@+]([O-])C(C)(C)C)c1cc(Cl)ccn1. The van der Waals surface area contributed by atoms with Gasteiger partial charge in [-0.05, 0) is 51.1 Å². The van der Waals surface area contributed by atoms with Crippen molar-refractivity contribution >= 4 is 28.9 Å². The van der Waals surface area contributed by atoms with E-state index in [1.165, 1.54) is 6.08 Å². The summed E-state index contributed by atoms with van der Waals surface area (Å²) in [5, 5.41) is 0.477. The smallest absolute Gasteiger partial charge is 0.338 e. The van der Waals surface area contributed by atoms with Crippen LogP contribution >= 0.6 is 11.6 Å². The average molecular weight is 407 g/mol. The summed E-state index contributed by atoms with van der Waals surface area (Å²) in [6.07, 6.45) is 2.24. The number of nitrogens with zero attached hydrogens (tertiary/aromatic N) is 1. The molecule has 2 rings (SSSR count). The molecule has 0 unspecified atom stereocenters. The molecule has 0 saturated heterocycles. The Labute approximate surface area is 168 Å². The minimum absolute atomic E-state index is 0.416. The fraction of sp³-hybridized carbons (Fsp3) is 0.300. The molecule has 0 aliphatic heterocycles. The van der Waals surface area contributed by atoms with Crippen LogP contribution in [0.5, 0.6) is 0 Å². The van der Waals surface area contributed by atoms with Crippen LogP contribution < -0.4 is 4.72 Å². The summed E-state index contributed by atoms with van der Waals surface area (Å²) in [4.78, 5) is 16.8. The van der Waals surface area contributed by atoms with E-state index in [4.69, 9.17) is 16.3 Å². The predicted octanol–water partition coefficient (Wildman–Crippen LogP) is 4.24. The lowest BCUT2D eigenvalue weighted by atomic mass is 10.1. The maximum absolute atomic E-state index is 12.7. The first kappa shape index (κ1) is 21.4. The summed E-state index contributed by atoms with van der Waals surface area (Å²) in [6.45, 7) is 9.30. The van der Waals surface area contributed by atoms with E-state index < -0.39 is 34.2 Å². The Morgan fingerprint density at radius 2 is 2.00 bits per heavy atom. The summed E-state index contributed by atoms with van der Waals surface area (Å²) < 4.78 is 20.8. The maximum Gasteiger partial charge on any atom is 0.338 e. The van der Waals surface area contributed by atoms with Crippen LogP contribution in [-0.2, 0) is 16.1 Å². The molecule has 5 nitrogen and oxygen atoms in total. The molecular formula is C20H23ClN2O3S. The zero-order valence-electron chi connectivity index (χ0n) is 15.5. The van der Waals surface area contributed by atoms with Crippen molar-refractivity contribution < 1.29 is 14.1 Å². The van der Waals surface area contributed by atoms with Crippen molar-refractivity contribution in [2.75, 3.05) is 0 Å². The molecule has 0 saturated carbocycles. The van der Waals surface area contributed by atoms with Gasteiger partial charge in [-0.15, -0.1) is 4.72 Å². The number of ether oxygens (including phenoxy) is 1. The van der Waals surface area contributed by atoms with Gasteiger partial charge in [0.15, 0.2) is 0 Å². The molecule has 0 aliphatic carbocycles. The van der Waals surface area contributed by atoms with Crippen LogP contribution in [0, 0.1) is 0 Å². The second-order valence-corrected chi connectivity index (χ2v) is 9.28. The Hall–Kier alpha value is -1.86. The standard InChI is InChI=1S/C20H23ClN2O3S/c1-5-17(26-19(24)14-9-7-6-8-10-14)18(23-27(25)20(2,3)4)16-13-15(21)11-12-22-16/h5-13,17-18,23H,1H2,2-4H3/t17-,18+,27-/m0/s1. The first-order valence-corrected chi connectivity index (χ1v) is 9.93.